The van der Waals surface area contributed by atoms with E-state index in [-0.39, 0.29) is 5.41 Å². The van der Waals surface area contributed by atoms with E-state index in [0.29, 0.717) is 6.04 Å². The van der Waals surface area contributed by atoms with Gasteiger partial charge >= 0.3 is 0 Å². The van der Waals surface area contributed by atoms with Crippen LogP contribution in [0.4, 0.5) is 0 Å². The number of nitrogens with zero attached hydrogens (tertiary/aromatic N) is 1. The predicted octanol–water partition coefficient (Wildman–Crippen LogP) is 4.67. The molecule has 0 spiro atoms. The van der Waals surface area contributed by atoms with Gasteiger partial charge in [0.1, 0.15) is 0 Å². The summed E-state index contributed by atoms with van der Waals surface area (Å²) >= 11 is 0. The molecule has 0 bridgehead atoms. The molecule has 0 fully saturated rings. The average Bonchev–Trinajstić information content (AvgIpc) is 2.56. The zero-order valence-corrected chi connectivity index (χ0v) is 11.2. The van der Waals surface area contributed by atoms with Gasteiger partial charge in [-0.3, -0.25) is 4.99 Å². The van der Waals surface area contributed by atoms with E-state index in [1.165, 1.54) is 30.4 Å². The molecule has 92 valence electrons. The summed E-state index contributed by atoms with van der Waals surface area (Å²) < 4.78 is 0. The maximum absolute atomic E-state index is 4.66. The van der Waals surface area contributed by atoms with E-state index < -0.39 is 0 Å². The van der Waals surface area contributed by atoms with Gasteiger partial charge in [0.15, 0.2) is 0 Å². The van der Waals surface area contributed by atoms with Crippen molar-refractivity contribution in [2.45, 2.75) is 57.9 Å². The first-order valence-electron chi connectivity index (χ1n) is 6.69. The molecule has 0 aromatic heterocycles. The minimum atomic E-state index is 0.241. The monoisotopic (exact) mass is 229 g/mol. The Morgan fingerprint density at radius 3 is 2.41 bits per heavy atom. The summed E-state index contributed by atoms with van der Waals surface area (Å²) in [6.07, 6.45) is 7.04. The zero-order chi connectivity index (χ0) is 12.3. The Kier molecular flexibility index (Phi) is 3.66. The summed E-state index contributed by atoms with van der Waals surface area (Å²) in [6, 6.07) is 9.43. The number of hydrogen-bond acceptors (Lipinski definition) is 1. The molecule has 1 nitrogen and oxygen atoms in total. The average molecular weight is 229 g/mol. The Morgan fingerprint density at radius 1 is 1.06 bits per heavy atom. The van der Waals surface area contributed by atoms with Gasteiger partial charge in [-0.15, -0.1) is 0 Å². The molecule has 1 unspecified atom stereocenters. The van der Waals surface area contributed by atoms with Gasteiger partial charge in [-0.25, -0.2) is 0 Å². The first-order valence-corrected chi connectivity index (χ1v) is 6.69. The zero-order valence-electron chi connectivity index (χ0n) is 11.2. The largest absolute Gasteiger partial charge is 0.289 e. The Balaban J connectivity index is 2.17. The normalized spacial score (nSPS) is 21.2. The highest BCUT2D eigenvalue weighted by Gasteiger charge is 2.15. The third kappa shape index (κ3) is 3.18. The maximum Gasteiger partial charge on any atom is 0.0745 e. The smallest absolute Gasteiger partial charge is 0.0745 e. The number of benzene rings is 1. The topological polar surface area (TPSA) is 12.4 Å². The Hall–Kier alpha value is -1.11. The first-order chi connectivity index (χ1) is 8.07. The van der Waals surface area contributed by atoms with Crippen LogP contribution in [-0.2, 0) is 5.41 Å². The fourth-order valence-electron chi connectivity index (χ4n) is 2.31. The molecule has 2 rings (SSSR count). The molecule has 0 saturated carbocycles. The maximum atomic E-state index is 4.66. The standard InChI is InChI=1S/C16H23N/c1-16(2,3)14-10-8-13(9-11-14)15-7-5-4-6-12-17-15/h8-12,15H,4-7H2,1-3H3. The van der Waals surface area contributed by atoms with Crippen molar-refractivity contribution in [3.8, 4) is 0 Å². The van der Waals surface area contributed by atoms with Crippen LogP contribution < -0.4 is 0 Å². The molecule has 1 aromatic carbocycles. The first kappa shape index (κ1) is 12.3. The molecule has 0 saturated heterocycles. The van der Waals surface area contributed by atoms with Crippen molar-refractivity contribution in [2.75, 3.05) is 0 Å². The second-order valence-electron chi connectivity index (χ2n) is 6.00. The molecule has 0 radical (unpaired) electrons. The fourth-order valence-corrected chi connectivity index (χ4v) is 2.31. The van der Waals surface area contributed by atoms with E-state index in [4.69, 9.17) is 0 Å². The van der Waals surface area contributed by atoms with Gasteiger partial charge in [-0.05, 0) is 42.0 Å². The summed E-state index contributed by atoms with van der Waals surface area (Å²) in [5.41, 5.74) is 3.01. The molecule has 1 atom stereocenters. The summed E-state index contributed by atoms with van der Waals surface area (Å²) in [5, 5.41) is 0. The highest BCUT2D eigenvalue weighted by atomic mass is 14.8. The molecule has 17 heavy (non-hydrogen) atoms. The van der Waals surface area contributed by atoms with Gasteiger partial charge in [0.05, 0.1) is 6.04 Å². The lowest BCUT2D eigenvalue weighted by Gasteiger charge is -2.20. The van der Waals surface area contributed by atoms with Crippen LogP contribution in [0.2, 0.25) is 0 Å². The third-order valence-corrected chi connectivity index (χ3v) is 3.51. The summed E-state index contributed by atoms with van der Waals surface area (Å²) in [7, 11) is 0. The number of hydrogen-bond donors (Lipinski definition) is 0. The van der Waals surface area contributed by atoms with Gasteiger partial charge in [-0.2, -0.15) is 0 Å². The van der Waals surface area contributed by atoms with Gasteiger partial charge in [-0.1, -0.05) is 51.5 Å². The molecular weight excluding hydrogens is 206 g/mol. The SMILES string of the molecule is CC(C)(C)c1ccc(C2CCCCC=N2)cc1. The van der Waals surface area contributed by atoms with Crippen molar-refractivity contribution >= 4 is 6.21 Å². The van der Waals surface area contributed by atoms with Crippen molar-refractivity contribution in [3.63, 3.8) is 0 Å². The van der Waals surface area contributed by atoms with E-state index in [1.54, 1.807) is 0 Å². The lowest BCUT2D eigenvalue weighted by atomic mass is 9.86. The van der Waals surface area contributed by atoms with Crippen LogP contribution in [-0.4, -0.2) is 6.21 Å². The van der Waals surface area contributed by atoms with Crippen LogP contribution in [0, 0.1) is 0 Å². The Morgan fingerprint density at radius 2 is 1.76 bits per heavy atom. The van der Waals surface area contributed by atoms with E-state index >= 15 is 0 Å². The van der Waals surface area contributed by atoms with E-state index in [9.17, 15) is 0 Å². The molecule has 1 heterocycles. The lowest BCUT2D eigenvalue weighted by molar-refractivity contribution is 0.587. The van der Waals surface area contributed by atoms with Crippen molar-refractivity contribution in [1.82, 2.24) is 0 Å². The highest BCUT2D eigenvalue weighted by Crippen LogP contribution is 2.28. The summed E-state index contributed by atoms with van der Waals surface area (Å²) in [6.45, 7) is 6.77. The molecule has 0 N–H and O–H groups in total. The molecule has 0 amide bonds. The van der Waals surface area contributed by atoms with Crippen LogP contribution in [0.25, 0.3) is 0 Å². The van der Waals surface area contributed by atoms with Gasteiger partial charge in [0.25, 0.3) is 0 Å². The predicted molar refractivity (Wildman–Crippen MR) is 74.8 cm³/mol. The van der Waals surface area contributed by atoms with Crippen molar-refractivity contribution in [1.29, 1.82) is 0 Å². The molecule has 1 heteroatoms. The molecule has 1 aliphatic rings. The molecule has 0 aliphatic carbocycles. The number of aliphatic imine (C=N–C) groups is 1. The van der Waals surface area contributed by atoms with Gasteiger partial charge < -0.3 is 0 Å². The minimum Gasteiger partial charge on any atom is -0.289 e. The van der Waals surface area contributed by atoms with Crippen LogP contribution in [0.1, 0.15) is 63.6 Å². The third-order valence-electron chi connectivity index (χ3n) is 3.51. The summed E-state index contributed by atoms with van der Waals surface area (Å²) in [4.78, 5) is 4.66. The Bertz CT molecular complexity index is 381. The van der Waals surface area contributed by atoms with Crippen molar-refractivity contribution < 1.29 is 0 Å². The van der Waals surface area contributed by atoms with E-state index in [0.717, 1.165) is 6.42 Å². The van der Waals surface area contributed by atoms with Gasteiger partial charge in [0.2, 0.25) is 0 Å². The Labute approximate surface area is 105 Å². The highest BCUT2D eigenvalue weighted by molar-refractivity contribution is 5.58. The molecular formula is C16H23N. The van der Waals surface area contributed by atoms with Crippen LogP contribution >= 0.6 is 0 Å². The lowest BCUT2D eigenvalue weighted by Crippen LogP contribution is -2.10. The van der Waals surface area contributed by atoms with Gasteiger partial charge in [0, 0.05) is 0 Å². The quantitative estimate of drug-likeness (QED) is 0.663. The second-order valence-corrected chi connectivity index (χ2v) is 6.00. The molecule has 1 aromatic rings. The second kappa shape index (κ2) is 5.03. The van der Waals surface area contributed by atoms with Crippen molar-refractivity contribution in [2.24, 2.45) is 4.99 Å². The van der Waals surface area contributed by atoms with E-state index in [2.05, 4.69) is 56.2 Å². The van der Waals surface area contributed by atoms with Crippen LogP contribution in [0.3, 0.4) is 0 Å². The van der Waals surface area contributed by atoms with E-state index in [1.807, 2.05) is 0 Å². The van der Waals surface area contributed by atoms with Crippen molar-refractivity contribution in [3.05, 3.63) is 35.4 Å². The minimum absolute atomic E-state index is 0.241. The fraction of sp³-hybridized carbons (Fsp3) is 0.562. The van der Waals surface area contributed by atoms with Crippen LogP contribution in [0.15, 0.2) is 29.3 Å². The molecule has 1 aliphatic heterocycles. The summed E-state index contributed by atoms with van der Waals surface area (Å²) in [5.74, 6) is 0. The van der Waals surface area contributed by atoms with Crippen LogP contribution in [0.5, 0.6) is 0 Å². The number of rotatable bonds is 1.